The van der Waals surface area contributed by atoms with E-state index < -0.39 is 11.5 Å². The van der Waals surface area contributed by atoms with Crippen LogP contribution < -0.4 is 4.74 Å². The van der Waals surface area contributed by atoms with Crippen LogP contribution >= 0.6 is 23.8 Å². The monoisotopic (exact) mass is 255 g/mol. The first-order valence-corrected chi connectivity index (χ1v) is 5.31. The van der Waals surface area contributed by atoms with Gasteiger partial charge in [0.15, 0.2) is 5.60 Å². The highest BCUT2D eigenvalue weighted by Crippen LogP contribution is 2.21. The average molecular weight is 256 g/mol. The van der Waals surface area contributed by atoms with Crippen LogP contribution in [0.3, 0.4) is 0 Å². The van der Waals surface area contributed by atoms with Crippen molar-refractivity contribution in [3.63, 3.8) is 0 Å². The molecule has 0 radical (unpaired) electrons. The minimum Gasteiger partial charge on any atom is -0.478 e. The van der Waals surface area contributed by atoms with Gasteiger partial charge in [0.05, 0.1) is 5.16 Å². The molecule has 0 aliphatic rings. The fourth-order valence-corrected chi connectivity index (χ4v) is 1.23. The van der Waals surface area contributed by atoms with E-state index in [1.165, 1.54) is 0 Å². The van der Waals surface area contributed by atoms with Crippen LogP contribution in [-0.4, -0.2) is 16.7 Å². The first-order chi connectivity index (χ1) is 7.45. The molecule has 0 aliphatic heterocycles. The molecule has 0 fully saturated rings. The number of halogens is 1. The van der Waals surface area contributed by atoms with Crippen molar-refractivity contribution in [3.05, 3.63) is 29.3 Å². The lowest BCUT2D eigenvalue weighted by Crippen LogP contribution is -2.36. The van der Waals surface area contributed by atoms with E-state index in [1.807, 2.05) is 5.16 Å². The Morgan fingerprint density at radius 2 is 2.00 bits per heavy atom. The third-order valence-electron chi connectivity index (χ3n) is 1.85. The standard InChI is InChI=1S/C11H10ClNO2S/c1-11(2,10(14)13-7-16)15-9-5-3-8(12)4-6-9/h3-6H,1-2H3. The Bertz CT molecular complexity index is 436. The number of aliphatic imine (C=N–C) groups is 1. The number of hydrogen-bond donors (Lipinski definition) is 0. The van der Waals surface area contributed by atoms with E-state index in [0.29, 0.717) is 10.8 Å². The molecule has 1 aromatic carbocycles. The molecular weight excluding hydrogens is 246 g/mol. The summed E-state index contributed by atoms with van der Waals surface area (Å²) in [6.45, 7) is 3.22. The van der Waals surface area contributed by atoms with Crippen LogP contribution in [-0.2, 0) is 4.79 Å². The highest BCUT2D eigenvalue weighted by molar-refractivity contribution is 7.78. The molecule has 0 bridgehead atoms. The molecule has 0 N–H and O–H groups in total. The zero-order valence-electron chi connectivity index (χ0n) is 8.86. The number of carbonyl (C=O) groups excluding carboxylic acids is 1. The Morgan fingerprint density at radius 3 is 2.50 bits per heavy atom. The van der Waals surface area contributed by atoms with Gasteiger partial charge in [0.25, 0.3) is 5.91 Å². The van der Waals surface area contributed by atoms with E-state index in [2.05, 4.69) is 17.2 Å². The number of rotatable bonds is 3. The second-order valence-corrected chi connectivity index (χ2v) is 4.19. The van der Waals surface area contributed by atoms with E-state index in [0.717, 1.165) is 0 Å². The molecule has 0 atom stereocenters. The minimum atomic E-state index is -1.07. The van der Waals surface area contributed by atoms with Crippen LogP contribution in [0.4, 0.5) is 0 Å². The predicted molar refractivity (Wildman–Crippen MR) is 66.2 cm³/mol. The molecule has 0 aromatic heterocycles. The van der Waals surface area contributed by atoms with Gasteiger partial charge in [0.2, 0.25) is 0 Å². The van der Waals surface area contributed by atoms with Gasteiger partial charge >= 0.3 is 0 Å². The van der Waals surface area contributed by atoms with E-state index in [1.54, 1.807) is 38.1 Å². The zero-order chi connectivity index (χ0) is 12.2. The highest BCUT2D eigenvalue weighted by atomic mass is 35.5. The van der Waals surface area contributed by atoms with Gasteiger partial charge in [-0.05, 0) is 50.3 Å². The van der Waals surface area contributed by atoms with Crippen molar-refractivity contribution in [2.24, 2.45) is 4.99 Å². The lowest BCUT2D eigenvalue weighted by molar-refractivity contribution is -0.130. The number of ether oxygens (including phenoxy) is 1. The van der Waals surface area contributed by atoms with E-state index in [-0.39, 0.29) is 0 Å². The van der Waals surface area contributed by atoms with Crippen molar-refractivity contribution < 1.29 is 9.53 Å². The Labute approximate surface area is 104 Å². The van der Waals surface area contributed by atoms with Crippen molar-refractivity contribution in [2.45, 2.75) is 19.4 Å². The van der Waals surface area contributed by atoms with Crippen LogP contribution in [0, 0.1) is 0 Å². The maximum absolute atomic E-state index is 11.5. The smallest absolute Gasteiger partial charge is 0.298 e. The summed E-state index contributed by atoms with van der Waals surface area (Å²) in [6.07, 6.45) is 0. The van der Waals surface area contributed by atoms with E-state index in [4.69, 9.17) is 16.3 Å². The average Bonchev–Trinajstić information content (AvgIpc) is 2.21. The maximum Gasteiger partial charge on any atom is 0.298 e. The maximum atomic E-state index is 11.5. The summed E-state index contributed by atoms with van der Waals surface area (Å²) in [5, 5.41) is 2.63. The number of amides is 1. The van der Waals surface area contributed by atoms with Crippen molar-refractivity contribution in [2.75, 3.05) is 0 Å². The van der Waals surface area contributed by atoms with Crippen LogP contribution in [0.5, 0.6) is 5.75 Å². The van der Waals surface area contributed by atoms with Gasteiger partial charge in [0.1, 0.15) is 5.75 Å². The summed E-state index contributed by atoms with van der Waals surface area (Å²) < 4.78 is 5.48. The molecule has 5 heteroatoms. The molecule has 0 saturated heterocycles. The normalized spacial score (nSPS) is 10.4. The topological polar surface area (TPSA) is 38.7 Å². The molecule has 1 aromatic rings. The van der Waals surface area contributed by atoms with Crippen molar-refractivity contribution >= 4 is 34.9 Å². The summed E-state index contributed by atoms with van der Waals surface area (Å²) in [6, 6.07) is 6.72. The summed E-state index contributed by atoms with van der Waals surface area (Å²) in [5.41, 5.74) is -1.07. The van der Waals surface area contributed by atoms with Gasteiger partial charge in [-0.1, -0.05) is 11.6 Å². The Hall–Kier alpha value is -1.22. The number of hydrogen-bond acceptors (Lipinski definition) is 3. The first-order valence-electron chi connectivity index (χ1n) is 4.52. The molecule has 84 valence electrons. The predicted octanol–water partition coefficient (Wildman–Crippen LogP) is 3.13. The molecule has 3 nitrogen and oxygen atoms in total. The van der Waals surface area contributed by atoms with Gasteiger partial charge < -0.3 is 4.74 Å². The summed E-state index contributed by atoms with van der Waals surface area (Å²) in [7, 11) is 0. The summed E-state index contributed by atoms with van der Waals surface area (Å²) in [4.78, 5) is 14.9. The fourth-order valence-electron chi connectivity index (χ4n) is 1.02. The number of isothiocyanates is 1. The Kier molecular flexibility index (Phi) is 4.19. The van der Waals surface area contributed by atoms with Crippen LogP contribution in [0.2, 0.25) is 5.02 Å². The number of nitrogens with zero attached hydrogens (tertiary/aromatic N) is 1. The molecule has 0 heterocycles. The molecule has 0 spiro atoms. The lowest BCUT2D eigenvalue weighted by atomic mass is 10.1. The number of carbonyl (C=O) groups is 1. The van der Waals surface area contributed by atoms with Gasteiger partial charge in [-0.15, -0.1) is 0 Å². The largest absolute Gasteiger partial charge is 0.478 e. The first kappa shape index (κ1) is 12.8. The molecule has 0 saturated carbocycles. The molecule has 0 unspecified atom stereocenters. The lowest BCUT2D eigenvalue weighted by Gasteiger charge is -2.22. The number of thiocarbonyl (C=S) groups is 1. The SMILES string of the molecule is CC(C)(Oc1ccc(Cl)cc1)C(=O)N=C=S. The second-order valence-electron chi connectivity index (χ2n) is 3.57. The molecule has 1 amide bonds. The Morgan fingerprint density at radius 1 is 1.44 bits per heavy atom. The quantitative estimate of drug-likeness (QED) is 0.615. The minimum absolute atomic E-state index is 0.475. The van der Waals surface area contributed by atoms with Gasteiger partial charge in [-0.25, -0.2) is 0 Å². The third-order valence-corrected chi connectivity index (χ3v) is 2.19. The van der Waals surface area contributed by atoms with Gasteiger partial charge in [0, 0.05) is 5.02 Å². The van der Waals surface area contributed by atoms with Crippen LogP contribution in [0.1, 0.15) is 13.8 Å². The second kappa shape index (κ2) is 5.21. The molecule has 16 heavy (non-hydrogen) atoms. The highest BCUT2D eigenvalue weighted by Gasteiger charge is 2.29. The zero-order valence-corrected chi connectivity index (χ0v) is 10.4. The van der Waals surface area contributed by atoms with Crippen LogP contribution in [0.25, 0.3) is 0 Å². The Balaban J connectivity index is 2.83. The van der Waals surface area contributed by atoms with Gasteiger partial charge in [-0.2, -0.15) is 4.99 Å². The summed E-state index contributed by atoms with van der Waals surface area (Å²) in [5.74, 6) is 0.0692. The third kappa shape index (κ3) is 3.42. The molecule has 0 aliphatic carbocycles. The number of benzene rings is 1. The molecule has 1 rings (SSSR count). The van der Waals surface area contributed by atoms with Crippen molar-refractivity contribution in [1.82, 2.24) is 0 Å². The molecular formula is C11H10ClNO2S. The van der Waals surface area contributed by atoms with Crippen molar-refractivity contribution in [1.29, 1.82) is 0 Å². The van der Waals surface area contributed by atoms with Crippen LogP contribution in [0.15, 0.2) is 29.3 Å². The van der Waals surface area contributed by atoms with Gasteiger partial charge in [-0.3, -0.25) is 4.79 Å². The van der Waals surface area contributed by atoms with E-state index >= 15 is 0 Å². The van der Waals surface area contributed by atoms with E-state index in [9.17, 15) is 4.79 Å². The van der Waals surface area contributed by atoms with Crippen molar-refractivity contribution in [3.8, 4) is 5.75 Å². The fraction of sp³-hybridized carbons (Fsp3) is 0.273. The summed E-state index contributed by atoms with van der Waals surface area (Å²) >= 11 is 10.1.